The fourth-order valence-corrected chi connectivity index (χ4v) is 2.08. The fraction of sp³-hybridized carbons (Fsp3) is 0.278. The first kappa shape index (κ1) is 17.5. The highest BCUT2D eigenvalue weighted by atomic mass is 16.2. The Morgan fingerprint density at radius 3 is 2.54 bits per heavy atom. The third-order valence-corrected chi connectivity index (χ3v) is 3.14. The van der Waals surface area contributed by atoms with Crippen LogP contribution in [-0.4, -0.2) is 23.3 Å². The minimum absolute atomic E-state index is 0.127. The molecule has 6 nitrogen and oxygen atoms in total. The van der Waals surface area contributed by atoms with Crippen molar-refractivity contribution in [3.8, 4) is 0 Å². The first-order chi connectivity index (χ1) is 11.4. The molecule has 2 rings (SSSR count). The molecular weight excluding hydrogens is 304 g/mol. The summed E-state index contributed by atoms with van der Waals surface area (Å²) in [7, 11) is 0. The van der Waals surface area contributed by atoms with Gasteiger partial charge in [0.25, 0.3) is 5.91 Å². The summed E-state index contributed by atoms with van der Waals surface area (Å²) >= 11 is 0. The number of nitrogens with zero attached hydrogens (tertiary/aromatic N) is 1. The van der Waals surface area contributed by atoms with Gasteiger partial charge in [0.05, 0.1) is 17.4 Å². The van der Waals surface area contributed by atoms with Gasteiger partial charge in [-0.25, -0.2) is 0 Å². The third kappa shape index (κ3) is 5.39. The van der Waals surface area contributed by atoms with Crippen molar-refractivity contribution in [2.75, 3.05) is 17.2 Å². The monoisotopic (exact) mass is 326 g/mol. The summed E-state index contributed by atoms with van der Waals surface area (Å²) in [6, 6.07) is 9.07. The number of nitrogens with one attached hydrogen (secondary N) is 3. The van der Waals surface area contributed by atoms with E-state index in [-0.39, 0.29) is 11.8 Å². The van der Waals surface area contributed by atoms with E-state index >= 15 is 0 Å². The Morgan fingerprint density at radius 2 is 1.83 bits per heavy atom. The van der Waals surface area contributed by atoms with E-state index in [9.17, 15) is 9.59 Å². The molecule has 0 unspecified atom stereocenters. The molecule has 0 aliphatic heterocycles. The lowest BCUT2D eigenvalue weighted by atomic mass is 10.2. The average Bonchev–Trinajstić information content (AvgIpc) is 2.52. The molecule has 126 valence electrons. The smallest absolute Gasteiger partial charge is 0.252 e. The van der Waals surface area contributed by atoms with Crippen molar-refractivity contribution in [2.45, 2.75) is 20.8 Å². The van der Waals surface area contributed by atoms with Crippen LogP contribution in [0.4, 0.5) is 17.1 Å². The molecule has 0 bridgehead atoms. The Morgan fingerprint density at radius 1 is 1.08 bits per heavy atom. The maximum atomic E-state index is 12.1. The summed E-state index contributed by atoms with van der Waals surface area (Å²) < 4.78 is 0. The summed E-state index contributed by atoms with van der Waals surface area (Å²) in [5, 5.41) is 8.78. The van der Waals surface area contributed by atoms with Crippen LogP contribution in [0.3, 0.4) is 0 Å². The van der Waals surface area contributed by atoms with Crippen LogP contribution < -0.4 is 16.0 Å². The van der Waals surface area contributed by atoms with Crippen molar-refractivity contribution >= 4 is 28.9 Å². The number of pyridine rings is 1. The van der Waals surface area contributed by atoms with Crippen molar-refractivity contribution < 1.29 is 9.59 Å². The van der Waals surface area contributed by atoms with Gasteiger partial charge in [0.2, 0.25) is 5.91 Å². The summed E-state index contributed by atoms with van der Waals surface area (Å²) in [5.74, 6) is 0.115. The van der Waals surface area contributed by atoms with Crippen LogP contribution in [0.5, 0.6) is 0 Å². The zero-order valence-corrected chi connectivity index (χ0v) is 14.1. The molecule has 0 spiro atoms. The second-order valence-corrected chi connectivity index (χ2v) is 5.95. The molecular formula is C18H22N4O2. The molecule has 3 N–H and O–H groups in total. The second-order valence-electron chi connectivity index (χ2n) is 5.95. The molecule has 0 aliphatic rings. The number of hydrogen-bond acceptors (Lipinski definition) is 4. The number of rotatable bonds is 6. The lowest BCUT2D eigenvalue weighted by Gasteiger charge is -2.11. The lowest BCUT2D eigenvalue weighted by Crippen LogP contribution is -2.27. The van der Waals surface area contributed by atoms with Crippen molar-refractivity contribution in [3.63, 3.8) is 0 Å². The molecule has 2 aromatic rings. The van der Waals surface area contributed by atoms with Crippen LogP contribution in [-0.2, 0) is 4.79 Å². The molecule has 0 radical (unpaired) electrons. The number of amides is 2. The Bertz CT molecular complexity index is 728. The van der Waals surface area contributed by atoms with Gasteiger partial charge in [-0.1, -0.05) is 19.9 Å². The SMILES string of the molecule is CC(=O)Nc1cccc(Nc2cncc(C(=O)NCC(C)C)c2)c1. The molecule has 1 aromatic carbocycles. The minimum atomic E-state index is -0.146. The number of aromatic nitrogens is 1. The van der Waals surface area contributed by atoms with E-state index in [2.05, 4.69) is 20.9 Å². The van der Waals surface area contributed by atoms with Gasteiger partial charge in [0, 0.05) is 31.0 Å². The second kappa shape index (κ2) is 8.10. The van der Waals surface area contributed by atoms with Gasteiger partial charge in [-0.2, -0.15) is 0 Å². The van der Waals surface area contributed by atoms with Gasteiger partial charge in [0.15, 0.2) is 0 Å². The zero-order valence-electron chi connectivity index (χ0n) is 14.1. The normalized spacial score (nSPS) is 10.3. The van der Waals surface area contributed by atoms with Gasteiger partial charge >= 0.3 is 0 Å². The summed E-state index contributed by atoms with van der Waals surface area (Å²) in [6.07, 6.45) is 3.18. The third-order valence-electron chi connectivity index (χ3n) is 3.14. The fourth-order valence-electron chi connectivity index (χ4n) is 2.08. The van der Waals surface area contributed by atoms with Gasteiger partial charge in [0.1, 0.15) is 0 Å². The maximum Gasteiger partial charge on any atom is 0.252 e. The Kier molecular flexibility index (Phi) is 5.89. The van der Waals surface area contributed by atoms with Crippen molar-refractivity contribution in [1.82, 2.24) is 10.3 Å². The quantitative estimate of drug-likeness (QED) is 0.761. The minimum Gasteiger partial charge on any atom is -0.354 e. The predicted octanol–water partition coefficient (Wildman–Crippen LogP) is 3.17. The van der Waals surface area contributed by atoms with E-state index < -0.39 is 0 Å². The molecule has 24 heavy (non-hydrogen) atoms. The number of carbonyl (C=O) groups excluding carboxylic acids is 2. The first-order valence-electron chi connectivity index (χ1n) is 7.82. The van der Waals surface area contributed by atoms with Crippen molar-refractivity contribution in [1.29, 1.82) is 0 Å². The molecule has 0 atom stereocenters. The van der Waals surface area contributed by atoms with E-state index in [4.69, 9.17) is 0 Å². The number of hydrogen-bond donors (Lipinski definition) is 3. The summed E-state index contributed by atoms with van der Waals surface area (Å²) in [5.41, 5.74) is 2.69. The number of carbonyl (C=O) groups is 2. The highest BCUT2D eigenvalue weighted by molar-refractivity contribution is 5.95. The molecule has 6 heteroatoms. The van der Waals surface area contributed by atoms with Gasteiger partial charge in [-0.05, 0) is 30.2 Å². The molecule has 0 saturated heterocycles. The maximum absolute atomic E-state index is 12.1. The van der Waals surface area contributed by atoms with E-state index in [0.717, 1.165) is 5.69 Å². The van der Waals surface area contributed by atoms with Gasteiger partial charge in [-0.3, -0.25) is 14.6 Å². The number of benzene rings is 1. The van der Waals surface area contributed by atoms with Crippen LogP contribution in [0.1, 0.15) is 31.1 Å². The summed E-state index contributed by atoms with van der Waals surface area (Å²) in [4.78, 5) is 27.3. The lowest BCUT2D eigenvalue weighted by molar-refractivity contribution is -0.114. The highest BCUT2D eigenvalue weighted by Gasteiger charge is 2.08. The summed E-state index contributed by atoms with van der Waals surface area (Å²) in [6.45, 7) is 6.16. The molecule has 0 aliphatic carbocycles. The van der Waals surface area contributed by atoms with Crippen LogP contribution in [0, 0.1) is 5.92 Å². The van der Waals surface area contributed by atoms with Gasteiger partial charge in [-0.15, -0.1) is 0 Å². The average molecular weight is 326 g/mol. The van der Waals surface area contributed by atoms with Crippen molar-refractivity contribution in [2.24, 2.45) is 5.92 Å². The van der Waals surface area contributed by atoms with Crippen LogP contribution in [0.15, 0.2) is 42.7 Å². The van der Waals surface area contributed by atoms with E-state index in [1.54, 1.807) is 18.3 Å². The standard InChI is InChI=1S/C18H22N4O2/c1-12(2)9-20-18(24)14-7-17(11-19-10-14)22-16-6-4-5-15(8-16)21-13(3)23/h4-8,10-12,22H,9H2,1-3H3,(H,20,24)(H,21,23). The van der Waals surface area contributed by atoms with Gasteiger partial charge < -0.3 is 16.0 Å². The van der Waals surface area contributed by atoms with E-state index in [1.807, 2.05) is 32.0 Å². The van der Waals surface area contributed by atoms with Crippen LogP contribution >= 0.6 is 0 Å². The van der Waals surface area contributed by atoms with Crippen molar-refractivity contribution in [3.05, 3.63) is 48.3 Å². The molecule has 1 aromatic heterocycles. The van der Waals surface area contributed by atoms with E-state index in [1.165, 1.54) is 13.1 Å². The largest absolute Gasteiger partial charge is 0.354 e. The predicted molar refractivity (Wildman–Crippen MR) is 95.4 cm³/mol. The zero-order chi connectivity index (χ0) is 17.5. The highest BCUT2D eigenvalue weighted by Crippen LogP contribution is 2.20. The molecule has 0 fully saturated rings. The Balaban J connectivity index is 2.09. The van der Waals surface area contributed by atoms with E-state index in [0.29, 0.717) is 29.4 Å². The topological polar surface area (TPSA) is 83.1 Å². The number of anilines is 3. The first-order valence-corrected chi connectivity index (χ1v) is 7.82. The Hall–Kier alpha value is -2.89. The Labute approximate surface area is 141 Å². The molecule has 1 heterocycles. The molecule has 0 saturated carbocycles. The molecule has 2 amide bonds. The van der Waals surface area contributed by atoms with Crippen LogP contribution in [0.2, 0.25) is 0 Å². The van der Waals surface area contributed by atoms with Crippen LogP contribution in [0.25, 0.3) is 0 Å².